The van der Waals surface area contributed by atoms with Crippen LogP contribution in [0.5, 0.6) is 0 Å². The van der Waals surface area contributed by atoms with Gasteiger partial charge in [0, 0.05) is 19.1 Å². The Kier molecular flexibility index (Phi) is 3.30. The number of nitrogen functional groups attached to an aromatic ring is 1. The maximum atomic E-state index is 6.24. The van der Waals surface area contributed by atoms with Gasteiger partial charge >= 0.3 is 0 Å². The van der Waals surface area contributed by atoms with Gasteiger partial charge in [0.15, 0.2) is 5.82 Å². The van der Waals surface area contributed by atoms with Crippen molar-refractivity contribution < 1.29 is 0 Å². The van der Waals surface area contributed by atoms with Crippen LogP contribution in [0.2, 0.25) is 0 Å². The minimum atomic E-state index is 0.348. The fraction of sp³-hybridized carbons (Fsp3) is 0.786. The first-order valence-corrected chi connectivity index (χ1v) is 6.91. The van der Waals surface area contributed by atoms with Crippen molar-refractivity contribution in [3.8, 4) is 0 Å². The Morgan fingerprint density at radius 1 is 1.33 bits per heavy atom. The quantitative estimate of drug-likeness (QED) is 0.877. The summed E-state index contributed by atoms with van der Waals surface area (Å²) in [6, 6.07) is 0.348. The predicted octanol–water partition coefficient (Wildman–Crippen LogP) is 2.98. The lowest BCUT2D eigenvalue weighted by atomic mass is 9.84. The largest absolute Gasteiger partial charge is 0.394 e. The molecule has 1 aliphatic heterocycles. The number of piperidine rings is 1. The topological polar surface area (TPSA) is 47.1 Å². The van der Waals surface area contributed by atoms with Crippen LogP contribution in [-0.4, -0.2) is 22.9 Å². The highest BCUT2D eigenvalue weighted by atomic mass is 15.4. The van der Waals surface area contributed by atoms with Crippen molar-refractivity contribution in [3.63, 3.8) is 0 Å². The maximum Gasteiger partial charge on any atom is 0.150 e. The third-order valence-corrected chi connectivity index (χ3v) is 3.79. The molecule has 18 heavy (non-hydrogen) atoms. The number of nitrogens with two attached hydrogens (primary N) is 1. The van der Waals surface area contributed by atoms with Crippen molar-refractivity contribution in [3.05, 3.63) is 5.69 Å². The van der Waals surface area contributed by atoms with Gasteiger partial charge in [-0.3, -0.25) is 0 Å². The first kappa shape index (κ1) is 13.2. The van der Waals surface area contributed by atoms with E-state index < -0.39 is 0 Å². The number of aryl methyl sites for hydroxylation is 1. The van der Waals surface area contributed by atoms with E-state index in [9.17, 15) is 0 Å². The Bertz CT molecular complexity index is 431. The van der Waals surface area contributed by atoms with E-state index in [0.717, 1.165) is 30.3 Å². The molecular formula is C14H26N4. The molecule has 2 heterocycles. The molecule has 0 saturated carbocycles. The van der Waals surface area contributed by atoms with Crippen molar-refractivity contribution in [1.29, 1.82) is 0 Å². The minimum absolute atomic E-state index is 0.348. The molecule has 4 heteroatoms. The second-order valence-corrected chi connectivity index (χ2v) is 6.55. The zero-order chi connectivity index (χ0) is 13.5. The summed E-state index contributed by atoms with van der Waals surface area (Å²) in [6.45, 7) is 13.1. The van der Waals surface area contributed by atoms with Gasteiger partial charge in [0.25, 0.3) is 0 Å². The summed E-state index contributed by atoms with van der Waals surface area (Å²) < 4.78 is 2.08. The number of hydrogen-bond acceptors (Lipinski definition) is 3. The summed E-state index contributed by atoms with van der Waals surface area (Å²) in [4.78, 5) is 2.42. The van der Waals surface area contributed by atoms with E-state index in [1.54, 1.807) is 0 Å². The Hall–Kier alpha value is -1.19. The lowest BCUT2D eigenvalue weighted by molar-refractivity contribution is 0.289. The van der Waals surface area contributed by atoms with Gasteiger partial charge in [-0.15, -0.1) is 0 Å². The summed E-state index contributed by atoms with van der Waals surface area (Å²) in [5.74, 6) is 1.12. The van der Waals surface area contributed by atoms with Crippen molar-refractivity contribution in [2.45, 2.75) is 53.5 Å². The summed E-state index contributed by atoms with van der Waals surface area (Å²) in [5.41, 5.74) is 8.40. The van der Waals surface area contributed by atoms with E-state index in [4.69, 9.17) is 5.73 Å². The predicted molar refractivity (Wildman–Crippen MR) is 77.0 cm³/mol. The molecule has 0 bridgehead atoms. The first-order valence-electron chi connectivity index (χ1n) is 6.91. The van der Waals surface area contributed by atoms with E-state index in [1.807, 2.05) is 6.92 Å². The number of rotatable bonds is 2. The highest BCUT2D eigenvalue weighted by Crippen LogP contribution is 2.36. The van der Waals surface area contributed by atoms with Crippen LogP contribution in [-0.2, 0) is 0 Å². The Morgan fingerprint density at radius 3 is 2.56 bits per heavy atom. The molecular weight excluding hydrogens is 224 g/mol. The normalized spacial score (nSPS) is 19.6. The smallest absolute Gasteiger partial charge is 0.150 e. The Balaban J connectivity index is 2.38. The lowest BCUT2D eigenvalue weighted by Crippen LogP contribution is -2.41. The molecule has 0 aliphatic carbocycles. The van der Waals surface area contributed by atoms with Crippen LogP contribution in [0.1, 0.15) is 52.3 Å². The third-order valence-electron chi connectivity index (χ3n) is 3.79. The molecule has 1 fully saturated rings. The molecule has 0 unspecified atom stereocenters. The van der Waals surface area contributed by atoms with Gasteiger partial charge in [-0.05, 0) is 39.0 Å². The zero-order valence-corrected chi connectivity index (χ0v) is 12.3. The van der Waals surface area contributed by atoms with Crippen LogP contribution >= 0.6 is 0 Å². The van der Waals surface area contributed by atoms with Crippen LogP contribution in [0, 0.1) is 12.3 Å². The highest BCUT2D eigenvalue weighted by molar-refractivity contribution is 5.66. The van der Waals surface area contributed by atoms with Gasteiger partial charge in [0.2, 0.25) is 0 Å². The minimum Gasteiger partial charge on any atom is -0.394 e. The fourth-order valence-corrected chi connectivity index (χ4v) is 2.83. The van der Waals surface area contributed by atoms with Crippen molar-refractivity contribution in [1.82, 2.24) is 9.78 Å². The molecule has 1 aromatic heterocycles. The second kappa shape index (κ2) is 4.48. The van der Waals surface area contributed by atoms with E-state index in [2.05, 4.69) is 42.4 Å². The first-order chi connectivity index (χ1) is 8.32. The molecule has 0 atom stereocenters. The zero-order valence-electron chi connectivity index (χ0n) is 12.3. The molecule has 102 valence electrons. The molecule has 1 saturated heterocycles. The number of anilines is 2. The van der Waals surface area contributed by atoms with Gasteiger partial charge in [0.05, 0.1) is 11.4 Å². The van der Waals surface area contributed by atoms with Gasteiger partial charge in [0.1, 0.15) is 0 Å². The summed E-state index contributed by atoms with van der Waals surface area (Å²) in [7, 11) is 0. The van der Waals surface area contributed by atoms with Crippen molar-refractivity contribution in [2.75, 3.05) is 23.7 Å². The van der Waals surface area contributed by atoms with Gasteiger partial charge in [-0.1, -0.05) is 13.8 Å². The van der Waals surface area contributed by atoms with E-state index in [0.29, 0.717) is 11.5 Å². The van der Waals surface area contributed by atoms with E-state index in [1.165, 1.54) is 12.8 Å². The SMILES string of the molecule is Cc1nn(C(C)C)c(N2CCCC(C)(C)C2)c1N. The lowest BCUT2D eigenvalue weighted by Gasteiger charge is -2.39. The molecule has 4 nitrogen and oxygen atoms in total. The van der Waals surface area contributed by atoms with Gasteiger partial charge in [-0.2, -0.15) is 5.10 Å². The van der Waals surface area contributed by atoms with Crippen LogP contribution in [0.3, 0.4) is 0 Å². The standard InChI is InChI=1S/C14H26N4/c1-10(2)18-13(12(15)11(3)16-18)17-8-6-7-14(4,5)9-17/h10H,6-9,15H2,1-5H3. The van der Waals surface area contributed by atoms with Crippen molar-refractivity contribution in [2.24, 2.45) is 5.41 Å². The average Bonchev–Trinajstić information content (AvgIpc) is 2.54. The molecule has 0 radical (unpaired) electrons. The van der Waals surface area contributed by atoms with Gasteiger partial charge in [-0.25, -0.2) is 4.68 Å². The van der Waals surface area contributed by atoms with Crippen molar-refractivity contribution >= 4 is 11.5 Å². The molecule has 0 aromatic carbocycles. The second-order valence-electron chi connectivity index (χ2n) is 6.55. The van der Waals surface area contributed by atoms with E-state index in [-0.39, 0.29) is 0 Å². The number of nitrogens with zero attached hydrogens (tertiary/aromatic N) is 3. The fourth-order valence-electron chi connectivity index (χ4n) is 2.83. The molecule has 1 aliphatic rings. The third kappa shape index (κ3) is 2.33. The molecule has 1 aromatic rings. The number of hydrogen-bond donors (Lipinski definition) is 1. The summed E-state index contributed by atoms with van der Waals surface area (Å²) in [5, 5.41) is 4.58. The molecule has 2 rings (SSSR count). The van der Waals surface area contributed by atoms with E-state index >= 15 is 0 Å². The monoisotopic (exact) mass is 250 g/mol. The van der Waals surface area contributed by atoms with Crippen LogP contribution < -0.4 is 10.6 Å². The highest BCUT2D eigenvalue weighted by Gasteiger charge is 2.30. The number of aromatic nitrogens is 2. The summed E-state index contributed by atoms with van der Waals surface area (Å²) in [6.07, 6.45) is 2.52. The van der Waals surface area contributed by atoms with Gasteiger partial charge < -0.3 is 10.6 Å². The van der Waals surface area contributed by atoms with Crippen LogP contribution in [0.25, 0.3) is 0 Å². The Labute approximate surface area is 110 Å². The molecule has 0 amide bonds. The summed E-state index contributed by atoms with van der Waals surface area (Å²) >= 11 is 0. The molecule has 0 spiro atoms. The average molecular weight is 250 g/mol. The molecule has 2 N–H and O–H groups in total. The Morgan fingerprint density at radius 2 is 2.00 bits per heavy atom. The van der Waals surface area contributed by atoms with Crippen LogP contribution in [0.4, 0.5) is 11.5 Å². The van der Waals surface area contributed by atoms with Crippen LogP contribution in [0.15, 0.2) is 0 Å². The maximum absolute atomic E-state index is 6.24.